The number of nitrogens with zero attached hydrogens (tertiary/aromatic N) is 2. The molecule has 1 aromatic heterocycles. The van der Waals surface area contributed by atoms with Gasteiger partial charge in [0.05, 0.1) is 16.3 Å². The average molecular weight is 660 g/mol. The van der Waals surface area contributed by atoms with Crippen molar-refractivity contribution in [3.8, 4) is 0 Å². The number of benzene rings is 3. The molecule has 0 aliphatic heterocycles. The van der Waals surface area contributed by atoms with Crippen LogP contribution in [0.3, 0.4) is 0 Å². The topological polar surface area (TPSA) is 54.4 Å². The van der Waals surface area contributed by atoms with Crippen LogP contribution in [0.5, 0.6) is 0 Å². The van der Waals surface area contributed by atoms with Crippen molar-refractivity contribution in [1.29, 1.82) is 0 Å². The maximum atomic E-state index is 12.7. The summed E-state index contributed by atoms with van der Waals surface area (Å²) in [6, 6.07) is 18.0. The van der Waals surface area contributed by atoms with Gasteiger partial charge < -0.3 is 5.32 Å². The molecular formula is C35H41F4N3OS2. The minimum Gasteiger partial charge on any atom is -0.350 e. The van der Waals surface area contributed by atoms with Crippen molar-refractivity contribution < 1.29 is 22.4 Å². The largest absolute Gasteiger partial charge is 0.350 e. The van der Waals surface area contributed by atoms with E-state index in [0.717, 1.165) is 40.3 Å². The van der Waals surface area contributed by atoms with E-state index < -0.39 is 28.8 Å². The number of ketones is 1. The van der Waals surface area contributed by atoms with Gasteiger partial charge in [-0.25, -0.2) is 17.6 Å². The summed E-state index contributed by atoms with van der Waals surface area (Å²) in [5.74, 6) is -4.34. The molecular weight excluding hydrogens is 619 g/mol. The Labute approximate surface area is 272 Å². The Morgan fingerprint density at radius 1 is 0.933 bits per heavy atom. The van der Waals surface area contributed by atoms with Gasteiger partial charge in [-0.15, -0.1) is 11.8 Å². The molecule has 0 fully saturated rings. The number of rotatable bonds is 7. The number of carbonyl (C=O) groups excluding carboxylic acids is 1. The van der Waals surface area contributed by atoms with Gasteiger partial charge in [-0.05, 0) is 92.9 Å². The molecule has 0 aliphatic rings. The van der Waals surface area contributed by atoms with E-state index in [2.05, 4.69) is 59.4 Å². The quantitative estimate of drug-likeness (QED) is 0.0929. The van der Waals surface area contributed by atoms with E-state index in [1.54, 1.807) is 30.9 Å². The Kier molecular flexibility index (Phi) is 18.4. The van der Waals surface area contributed by atoms with Crippen LogP contribution in [0.25, 0.3) is 0 Å². The van der Waals surface area contributed by atoms with Crippen LogP contribution in [0, 0.1) is 30.2 Å². The summed E-state index contributed by atoms with van der Waals surface area (Å²) >= 11 is 3.01. The zero-order valence-electron chi connectivity index (χ0n) is 26.8. The lowest BCUT2D eigenvalue weighted by Gasteiger charge is -2.04. The molecule has 45 heavy (non-hydrogen) atoms. The first kappa shape index (κ1) is 39.3. The van der Waals surface area contributed by atoms with Gasteiger partial charge in [0.2, 0.25) is 0 Å². The van der Waals surface area contributed by atoms with Gasteiger partial charge in [-0.1, -0.05) is 51.1 Å². The maximum Gasteiger partial charge on any atom is 0.165 e. The number of hydrogen-bond donors (Lipinski definition) is 1. The molecule has 4 aromatic rings. The number of carbonyl (C=O) groups is 1. The van der Waals surface area contributed by atoms with Crippen molar-refractivity contribution >= 4 is 39.1 Å². The third-order valence-electron chi connectivity index (χ3n) is 5.83. The molecule has 3 aromatic carbocycles. The Morgan fingerprint density at radius 3 is 1.93 bits per heavy atom. The summed E-state index contributed by atoms with van der Waals surface area (Å²) in [6.07, 6.45) is 5.59. The van der Waals surface area contributed by atoms with Crippen molar-refractivity contribution in [3.05, 3.63) is 130 Å². The highest BCUT2D eigenvalue weighted by atomic mass is 32.2. The minimum atomic E-state index is -1.17. The lowest BCUT2D eigenvalue weighted by Crippen LogP contribution is -2.02. The first-order chi connectivity index (χ1) is 21.4. The van der Waals surface area contributed by atoms with Crippen molar-refractivity contribution in [2.24, 2.45) is 4.99 Å². The fraction of sp³-hybridized carbons (Fsp3) is 0.286. The molecule has 242 valence electrons. The number of hydrogen-bond acceptors (Lipinski definition) is 6. The van der Waals surface area contributed by atoms with Crippen LogP contribution in [0.2, 0.25) is 0 Å². The summed E-state index contributed by atoms with van der Waals surface area (Å²) in [5, 5.41) is 5.07. The molecule has 0 radical (unpaired) electrons. The van der Waals surface area contributed by atoms with E-state index in [9.17, 15) is 22.4 Å². The van der Waals surface area contributed by atoms with E-state index in [0.29, 0.717) is 12.1 Å². The maximum absolute atomic E-state index is 12.7. The smallest absolute Gasteiger partial charge is 0.165 e. The molecule has 0 saturated heterocycles. The fourth-order valence-electron chi connectivity index (χ4n) is 3.86. The van der Waals surface area contributed by atoms with Gasteiger partial charge in [0, 0.05) is 30.4 Å². The number of aryl methyl sites for hydroxylation is 3. The lowest BCUT2D eigenvalue weighted by molar-refractivity contribution is 0.100. The SMILES string of the molecule is C=C(C)Nc1cc(C)ns1.CC(=O)c1c(F)cc(F)cc1F.CCCc1ccccc1CC.CN=C(SC)c1ccc(F)cc1. The first-order valence-electron chi connectivity index (χ1n) is 14.2. The van der Waals surface area contributed by atoms with Gasteiger partial charge in [0.25, 0.3) is 0 Å². The third-order valence-corrected chi connectivity index (χ3v) is 7.43. The van der Waals surface area contributed by atoms with E-state index in [1.807, 2.05) is 26.2 Å². The number of thioether (sulfide) groups is 1. The highest BCUT2D eigenvalue weighted by Gasteiger charge is 2.14. The second kappa shape index (κ2) is 21.1. The highest BCUT2D eigenvalue weighted by Crippen LogP contribution is 2.17. The molecule has 10 heteroatoms. The second-order valence-corrected chi connectivity index (χ2v) is 11.3. The molecule has 0 spiro atoms. The van der Waals surface area contributed by atoms with Crippen LogP contribution in [-0.4, -0.2) is 28.5 Å². The molecule has 0 unspecified atom stereocenters. The molecule has 0 saturated carbocycles. The molecule has 0 atom stereocenters. The molecule has 4 rings (SSSR count). The number of aromatic nitrogens is 1. The van der Waals surface area contributed by atoms with Gasteiger partial charge in [0.15, 0.2) is 5.78 Å². The summed E-state index contributed by atoms with van der Waals surface area (Å²) < 4.78 is 54.2. The van der Waals surface area contributed by atoms with Crippen LogP contribution in [0.15, 0.2) is 84.0 Å². The van der Waals surface area contributed by atoms with Crippen molar-refractivity contribution in [2.75, 3.05) is 18.6 Å². The van der Waals surface area contributed by atoms with E-state index in [4.69, 9.17) is 0 Å². The molecule has 0 amide bonds. The molecule has 0 bridgehead atoms. The number of anilines is 1. The summed E-state index contributed by atoms with van der Waals surface area (Å²) in [4.78, 5) is 14.7. The number of nitrogens with one attached hydrogen (secondary N) is 1. The first-order valence-corrected chi connectivity index (χ1v) is 16.2. The van der Waals surface area contributed by atoms with Crippen molar-refractivity contribution in [3.63, 3.8) is 0 Å². The fourth-order valence-corrected chi connectivity index (χ4v) is 5.15. The highest BCUT2D eigenvalue weighted by molar-refractivity contribution is 8.13. The van der Waals surface area contributed by atoms with E-state index in [1.165, 1.54) is 47.6 Å². The summed E-state index contributed by atoms with van der Waals surface area (Å²) in [7, 11) is 1.73. The molecule has 1 heterocycles. The van der Waals surface area contributed by atoms with Gasteiger partial charge >= 0.3 is 0 Å². The van der Waals surface area contributed by atoms with Crippen molar-refractivity contribution in [1.82, 2.24) is 4.37 Å². The van der Waals surface area contributed by atoms with E-state index >= 15 is 0 Å². The zero-order chi connectivity index (χ0) is 33.9. The van der Waals surface area contributed by atoms with Crippen LogP contribution < -0.4 is 5.32 Å². The normalized spacial score (nSPS) is 10.3. The number of Topliss-reactive ketones (excluding diaryl/α,β-unsaturated/α-hetero) is 1. The summed E-state index contributed by atoms with van der Waals surface area (Å²) in [6.45, 7) is 13.1. The van der Waals surface area contributed by atoms with E-state index in [-0.39, 0.29) is 5.82 Å². The Morgan fingerprint density at radius 2 is 1.51 bits per heavy atom. The molecule has 0 aliphatic carbocycles. The van der Waals surface area contributed by atoms with Gasteiger partial charge in [0.1, 0.15) is 28.3 Å². The van der Waals surface area contributed by atoms with Crippen LogP contribution in [0.4, 0.5) is 22.6 Å². The van der Waals surface area contributed by atoms with Crippen molar-refractivity contribution in [2.45, 2.75) is 53.9 Å². The predicted molar refractivity (Wildman–Crippen MR) is 184 cm³/mol. The standard InChI is InChI=1S/C11H16.C9H10FNS.C8H5F3O.C7H10N2S/c1-3-7-11-9-6-5-8-10(11)4-2;1-11-9(12-2)7-3-5-8(10)6-4-7;1-4(12)8-6(10)2-5(9)3-7(8)11;1-5(2)8-7-4-6(3)9-10-7/h5-6,8-9H,3-4,7H2,1-2H3;3-6H,1-2H3;2-3H,1H3;4,8H,1H2,2-3H3. The lowest BCUT2D eigenvalue weighted by atomic mass is 10.0. The van der Waals surface area contributed by atoms with Gasteiger partial charge in [-0.2, -0.15) is 4.37 Å². The summed E-state index contributed by atoms with van der Waals surface area (Å²) in [5.41, 5.74) is 5.30. The Hall–Kier alpha value is -3.76. The third kappa shape index (κ3) is 14.7. The van der Waals surface area contributed by atoms with Crippen LogP contribution in [-0.2, 0) is 12.8 Å². The Balaban J connectivity index is 0.000000301. The average Bonchev–Trinajstić information content (AvgIpc) is 3.39. The molecule has 1 N–H and O–H groups in total. The molecule has 4 nitrogen and oxygen atoms in total. The Bertz CT molecular complexity index is 1510. The van der Waals surface area contributed by atoms with Gasteiger partial charge in [-0.3, -0.25) is 9.79 Å². The minimum absolute atomic E-state index is 0.213. The van der Waals surface area contributed by atoms with Crippen LogP contribution in [0.1, 0.15) is 66.9 Å². The zero-order valence-corrected chi connectivity index (χ0v) is 28.4. The number of aliphatic imine (C=N–C) groups is 1. The van der Waals surface area contributed by atoms with Crippen LogP contribution >= 0.6 is 23.3 Å². The number of allylic oxidation sites excluding steroid dienone is 1. The number of halogens is 4. The second-order valence-electron chi connectivity index (χ2n) is 9.65. The predicted octanol–water partition coefficient (Wildman–Crippen LogP) is 10.5. The monoisotopic (exact) mass is 659 g/mol.